The number of methoxy groups -OCH3 is 1. The monoisotopic (exact) mass is 463 g/mol. The highest BCUT2D eigenvalue weighted by Crippen LogP contribution is 2.28. The highest BCUT2D eigenvalue weighted by molar-refractivity contribution is 7.89. The molecule has 32 heavy (non-hydrogen) atoms. The molecule has 0 aliphatic carbocycles. The van der Waals surface area contributed by atoms with E-state index in [2.05, 4.69) is 15.4 Å². The number of benzene rings is 2. The molecule has 2 rings (SSSR count). The molecule has 0 unspecified atom stereocenters. The second-order valence-corrected chi connectivity index (χ2v) is 9.34. The fourth-order valence-electron chi connectivity index (χ4n) is 2.73. The molecule has 0 aliphatic heterocycles. The Labute approximate surface area is 188 Å². The van der Waals surface area contributed by atoms with Crippen LogP contribution in [0.4, 0.5) is 5.69 Å². The topological polar surface area (TPSA) is 123 Å². The summed E-state index contributed by atoms with van der Waals surface area (Å²) in [5, 5.41) is 5.42. The van der Waals surface area contributed by atoms with Gasteiger partial charge < -0.3 is 20.1 Å². The molecule has 0 heterocycles. The van der Waals surface area contributed by atoms with E-state index in [-0.39, 0.29) is 29.5 Å². The van der Waals surface area contributed by atoms with Crippen LogP contribution in [0.5, 0.6) is 11.5 Å². The van der Waals surface area contributed by atoms with Crippen molar-refractivity contribution >= 4 is 27.5 Å². The maximum atomic E-state index is 12.6. The summed E-state index contributed by atoms with van der Waals surface area (Å²) in [4.78, 5) is 24.5. The first-order chi connectivity index (χ1) is 15.0. The Hall–Kier alpha value is -3.11. The smallest absolute Gasteiger partial charge is 0.258 e. The third-order valence-electron chi connectivity index (χ3n) is 4.05. The highest BCUT2D eigenvalue weighted by Gasteiger charge is 2.16. The molecule has 0 bridgehead atoms. The van der Waals surface area contributed by atoms with Crippen LogP contribution in [-0.2, 0) is 14.8 Å². The lowest BCUT2D eigenvalue weighted by Crippen LogP contribution is -2.34. The van der Waals surface area contributed by atoms with Gasteiger partial charge in [-0.2, -0.15) is 0 Å². The van der Waals surface area contributed by atoms with E-state index in [0.29, 0.717) is 22.7 Å². The zero-order chi connectivity index (χ0) is 23.9. The molecule has 0 atom stereocenters. The number of hydrogen-bond acceptors (Lipinski definition) is 6. The van der Waals surface area contributed by atoms with Gasteiger partial charge in [-0.25, -0.2) is 13.1 Å². The van der Waals surface area contributed by atoms with Crippen LogP contribution in [0.1, 0.15) is 38.1 Å². The number of anilines is 1. The van der Waals surface area contributed by atoms with Gasteiger partial charge >= 0.3 is 0 Å². The lowest BCUT2D eigenvalue weighted by atomic mass is 10.2. The first-order valence-corrected chi connectivity index (χ1v) is 11.5. The van der Waals surface area contributed by atoms with Gasteiger partial charge in [-0.05, 0) is 70.2 Å². The van der Waals surface area contributed by atoms with Crippen molar-refractivity contribution in [2.45, 2.75) is 44.7 Å². The van der Waals surface area contributed by atoms with Crippen molar-refractivity contribution in [2.75, 3.05) is 19.0 Å². The summed E-state index contributed by atoms with van der Waals surface area (Å²) in [6.07, 6.45) is 0. The van der Waals surface area contributed by atoms with Crippen molar-refractivity contribution in [2.24, 2.45) is 0 Å². The fourth-order valence-corrected chi connectivity index (χ4v) is 3.99. The van der Waals surface area contributed by atoms with E-state index in [9.17, 15) is 18.0 Å². The standard InChI is InChI=1S/C22H29N3O6S/c1-14(2)23-21(26)13-31-19-11-6-16(12-20(19)30-5)22(27)24-17-7-9-18(10-8-17)32(28,29)25-15(3)4/h6-12,14-15,25H,13H2,1-5H3,(H,23,26)(H,24,27). The summed E-state index contributed by atoms with van der Waals surface area (Å²) in [6, 6.07) is 10.2. The summed E-state index contributed by atoms with van der Waals surface area (Å²) in [5.41, 5.74) is 0.738. The number of sulfonamides is 1. The third kappa shape index (κ3) is 7.24. The van der Waals surface area contributed by atoms with Crippen LogP contribution in [0.3, 0.4) is 0 Å². The van der Waals surface area contributed by atoms with Gasteiger partial charge in [-0.3, -0.25) is 9.59 Å². The molecule has 0 saturated heterocycles. The molecule has 174 valence electrons. The van der Waals surface area contributed by atoms with Gasteiger partial charge in [0.1, 0.15) is 0 Å². The molecule has 0 radical (unpaired) electrons. The Balaban J connectivity index is 2.07. The molecule has 0 fully saturated rings. The van der Waals surface area contributed by atoms with Gasteiger partial charge in [0.2, 0.25) is 10.0 Å². The molecule has 0 aromatic heterocycles. The molecule has 0 saturated carbocycles. The molecule has 0 aliphatic rings. The number of carbonyl (C=O) groups is 2. The Morgan fingerprint density at radius 1 is 0.938 bits per heavy atom. The van der Waals surface area contributed by atoms with Crippen LogP contribution < -0.4 is 24.8 Å². The lowest BCUT2D eigenvalue weighted by Gasteiger charge is -2.13. The largest absolute Gasteiger partial charge is 0.493 e. The summed E-state index contributed by atoms with van der Waals surface area (Å²) >= 11 is 0. The quantitative estimate of drug-likeness (QED) is 0.498. The van der Waals surface area contributed by atoms with E-state index in [1.165, 1.54) is 37.4 Å². The van der Waals surface area contributed by atoms with Gasteiger partial charge in [0.05, 0.1) is 12.0 Å². The molecule has 0 spiro atoms. The van der Waals surface area contributed by atoms with Gasteiger partial charge in [-0.15, -0.1) is 0 Å². The minimum atomic E-state index is -3.61. The van der Waals surface area contributed by atoms with Crippen molar-refractivity contribution in [1.82, 2.24) is 10.0 Å². The van der Waals surface area contributed by atoms with E-state index in [0.717, 1.165) is 0 Å². The van der Waals surface area contributed by atoms with E-state index in [1.807, 2.05) is 13.8 Å². The van der Waals surface area contributed by atoms with Crippen molar-refractivity contribution in [3.05, 3.63) is 48.0 Å². The predicted octanol–water partition coefficient (Wildman–Crippen LogP) is 2.54. The van der Waals surface area contributed by atoms with Crippen molar-refractivity contribution < 1.29 is 27.5 Å². The second kappa shape index (κ2) is 11.0. The first kappa shape index (κ1) is 25.2. The summed E-state index contributed by atoms with van der Waals surface area (Å²) in [7, 11) is -2.18. The average molecular weight is 464 g/mol. The number of rotatable bonds is 10. The van der Waals surface area contributed by atoms with Crippen LogP contribution >= 0.6 is 0 Å². The van der Waals surface area contributed by atoms with Crippen molar-refractivity contribution in [3.8, 4) is 11.5 Å². The van der Waals surface area contributed by atoms with Gasteiger partial charge in [0.25, 0.3) is 11.8 Å². The van der Waals surface area contributed by atoms with Gasteiger partial charge in [-0.1, -0.05) is 0 Å². The van der Waals surface area contributed by atoms with Crippen LogP contribution in [0.25, 0.3) is 0 Å². The molecular formula is C22H29N3O6S. The predicted molar refractivity (Wildman–Crippen MR) is 122 cm³/mol. The lowest BCUT2D eigenvalue weighted by molar-refractivity contribution is -0.123. The Kier molecular flexibility index (Phi) is 8.62. The highest BCUT2D eigenvalue weighted by atomic mass is 32.2. The Morgan fingerprint density at radius 3 is 2.16 bits per heavy atom. The van der Waals surface area contributed by atoms with Crippen molar-refractivity contribution in [3.63, 3.8) is 0 Å². The van der Waals surface area contributed by atoms with Crippen LogP contribution in [0.2, 0.25) is 0 Å². The van der Waals surface area contributed by atoms with Gasteiger partial charge in [0.15, 0.2) is 18.1 Å². The number of ether oxygens (including phenoxy) is 2. The van der Waals surface area contributed by atoms with Gasteiger partial charge in [0, 0.05) is 23.3 Å². The summed E-state index contributed by atoms with van der Waals surface area (Å²) < 4.78 is 37.7. The van der Waals surface area contributed by atoms with E-state index < -0.39 is 15.9 Å². The molecule has 2 aromatic carbocycles. The van der Waals surface area contributed by atoms with Crippen LogP contribution in [0.15, 0.2) is 47.4 Å². The summed E-state index contributed by atoms with van der Waals surface area (Å²) in [6.45, 7) is 6.98. The SMILES string of the molecule is COc1cc(C(=O)Nc2ccc(S(=O)(=O)NC(C)C)cc2)ccc1OCC(=O)NC(C)C. The average Bonchev–Trinajstić information content (AvgIpc) is 2.71. The van der Waals surface area contributed by atoms with E-state index in [4.69, 9.17) is 9.47 Å². The minimum absolute atomic E-state index is 0.000268. The molecular weight excluding hydrogens is 434 g/mol. The maximum Gasteiger partial charge on any atom is 0.258 e. The fraction of sp³-hybridized carbons (Fsp3) is 0.364. The van der Waals surface area contributed by atoms with E-state index >= 15 is 0 Å². The molecule has 2 amide bonds. The van der Waals surface area contributed by atoms with Crippen LogP contribution in [-0.4, -0.2) is 46.0 Å². The van der Waals surface area contributed by atoms with E-state index in [1.54, 1.807) is 26.0 Å². The van der Waals surface area contributed by atoms with Crippen LogP contribution in [0, 0.1) is 0 Å². The minimum Gasteiger partial charge on any atom is -0.493 e. The first-order valence-electron chi connectivity index (χ1n) is 10.1. The Morgan fingerprint density at radius 2 is 1.59 bits per heavy atom. The number of carbonyl (C=O) groups excluding carboxylic acids is 2. The number of nitrogens with one attached hydrogen (secondary N) is 3. The maximum absolute atomic E-state index is 12.6. The Bertz CT molecular complexity index is 1050. The summed E-state index contributed by atoms with van der Waals surface area (Å²) in [5.74, 6) is -0.0485. The molecule has 10 heteroatoms. The molecule has 3 N–H and O–H groups in total. The zero-order valence-electron chi connectivity index (χ0n) is 18.8. The molecule has 2 aromatic rings. The second-order valence-electron chi connectivity index (χ2n) is 7.63. The number of hydrogen-bond donors (Lipinski definition) is 3. The van der Waals surface area contributed by atoms with Crippen molar-refractivity contribution in [1.29, 1.82) is 0 Å². The third-order valence-corrected chi connectivity index (χ3v) is 5.72. The normalized spacial score (nSPS) is 11.3. The molecule has 9 nitrogen and oxygen atoms in total. The number of amides is 2. The zero-order valence-corrected chi connectivity index (χ0v) is 19.6.